The zero-order valence-electron chi connectivity index (χ0n) is 9.95. The molecule has 0 aliphatic heterocycles. The van der Waals surface area contributed by atoms with E-state index in [1.807, 2.05) is 6.92 Å². The van der Waals surface area contributed by atoms with Crippen molar-refractivity contribution in [2.75, 3.05) is 27.4 Å². The fraction of sp³-hybridized carbons (Fsp3) is 1.00. The van der Waals surface area contributed by atoms with E-state index in [0.717, 1.165) is 13.0 Å². The minimum absolute atomic E-state index is 0.177. The highest BCUT2D eigenvalue weighted by atomic mass is 16.7. The molecule has 0 bridgehead atoms. The predicted octanol–water partition coefficient (Wildman–Crippen LogP) is 0.746. The number of nitrogens with one attached hydrogen (secondary N) is 1. The second-order valence-electron chi connectivity index (χ2n) is 4.48. The molecule has 0 aromatic heterocycles. The molecule has 0 radical (unpaired) electrons. The van der Waals surface area contributed by atoms with Crippen molar-refractivity contribution in [1.82, 2.24) is 5.32 Å². The normalized spacial score (nSPS) is 20.6. The van der Waals surface area contributed by atoms with E-state index in [0.29, 0.717) is 5.41 Å². The zero-order chi connectivity index (χ0) is 11.3. The van der Waals surface area contributed by atoms with E-state index in [1.165, 1.54) is 12.8 Å². The summed E-state index contributed by atoms with van der Waals surface area (Å²) in [6.07, 6.45) is 3.14. The zero-order valence-corrected chi connectivity index (χ0v) is 9.95. The molecular formula is C11H23NO3. The molecule has 1 aliphatic carbocycles. The van der Waals surface area contributed by atoms with E-state index in [2.05, 4.69) is 5.32 Å². The molecule has 0 aromatic rings. The summed E-state index contributed by atoms with van der Waals surface area (Å²) in [5, 5.41) is 12.3. The lowest BCUT2D eigenvalue weighted by atomic mass is 10.0. The summed E-state index contributed by atoms with van der Waals surface area (Å²) >= 11 is 0. The quantitative estimate of drug-likeness (QED) is 0.589. The molecule has 1 unspecified atom stereocenters. The number of rotatable bonds is 8. The Morgan fingerprint density at radius 2 is 1.93 bits per heavy atom. The minimum atomic E-state index is -0.199. The Morgan fingerprint density at radius 1 is 1.33 bits per heavy atom. The van der Waals surface area contributed by atoms with E-state index in [9.17, 15) is 0 Å². The van der Waals surface area contributed by atoms with E-state index >= 15 is 0 Å². The standard InChI is InChI=1S/C11H23NO3/c1-9(10(14-2)15-3)12-8-11(4-5-11)6-7-13/h9-10,12-13H,4-8H2,1-3H3. The maximum Gasteiger partial charge on any atom is 0.171 e. The summed E-state index contributed by atoms with van der Waals surface area (Å²) in [6.45, 7) is 3.28. The van der Waals surface area contributed by atoms with Gasteiger partial charge >= 0.3 is 0 Å². The minimum Gasteiger partial charge on any atom is -0.396 e. The molecule has 0 aromatic carbocycles. The highest BCUT2D eigenvalue weighted by Crippen LogP contribution is 2.47. The first kappa shape index (κ1) is 12.9. The Kier molecular flexibility index (Phi) is 4.99. The second kappa shape index (κ2) is 5.80. The smallest absolute Gasteiger partial charge is 0.171 e. The number of hydrogen-bond donors (Lipinski definition) is 2. The first-order valence-corrected chi connectivity index (χ1v) is 5.57. The van der Waals surface area contributed by atoms with Gasteiger partial charge in [0.15, 0.2) is 6.29 Å². The third-order valence-electron chi connectivity index (χ3n) is 3.27. The van der Waals surface area contributed by atoms with Gasteiger partial charge in [0.25, 0.3) is 0 Å². The van der Waals surface area contributed by atoms with Gasteiger partial charge in [-0.05, 0) is 31.6 Å². The van der Waals surface area contributed by atoms with Crippen molar-refractivity contribution in [2.45, 2.75) is 38.5 Å². The van der Waals surface area contributed by atoms with Crippen molar-refractivity contribution in [3.63, 3.8) is 0 Å². The van der Waals surface area contributed by atoms with Gasteiger partial charge in [-0.25, -0.2) is 0 Å². The third kappa shape index (κ3) is 3.72. The lowest BCUT2D eigenvalue weighted by Gasteiger charge is -2.24. The maximum absolute atomic E-state index is 8.93. The number of aliphatic hydroxyl groups is 1. The molecule has 1 atom stereocenters. The van der Waals surface area contributed by atoms with Crippen molar-refractivity contribution in [2.24, 2.45) is 5.41 Å². The van der Waals surface area contributed by atoms with Crippen LogP contribution in [0.2, 0.25) is 0 Å². The van der Waals surface area contributed by atoms with Crippen LogP contribution in [0.3, 0.4) is 0 Å². The molecule has 4 heteroatoms. The van der Waals surface area contributed by atoms with E-state index in [4.69, 9.17) is 14.6 Å². The summed E-state index contributed by atoms with van der Waals surface area (Å²) < 4.78 is 10.3. The van der Waals surface area contributed by atoms with E-state index in [-0.39, 0.29) is 18.9 Å². The third-order valence-corrected chi connectivity index (χ3v) is 3.27. The second-order valence-corrected chi connectivity index (χ2v) is 4.48. The van der Waals surface area contributed by atoms with Gasteiger partial charge in [0.1, 0.15) is 0 Å². The molecule has 2 N–H and O–H groups in total. The summed E-state index contributed by atoms with van der Waals surface area (Å²) in [4.78, 5) is 0. The number of aliphatic hydroxyl groups excluding tert-OH is 1. The van der Waals surface area contributed by atoms with Crippen molar-refractivity contribution in [3.8, 4) is 0 Å². The topological polar surface area (TPSA) is 50.7 Å². The summed E-state index contributed by atoms with van der Waals surface area (Å²) in [5.41, 5.74) is 0.342. The predicted molar refractivity (Wildman–Crippen MR) is 58.6 cm³/mol. The van der Waals surface area contributed by atoms with Crippen LogP contribution in [0, 0.1) is 5.41 Å². The van der Waals surface area contributed by atoms with Crippen molar-refractivity contribution < 1.29 is 14.6 Å². The summed E-state index contributed by atoms with van der Waals surface area (Å²) in [7, 11) is 3.29. The molecule has 1 fully saturated rings. The van der Waals surface area contributed by atoms with Crippen LogP contribution in [-0.4, -0.2) is 44.8 Å². The Hall–Kier alpha value is -0.160. The Bertz CT molecular complexity index is 179. The Morgan fingerprint density at radius 3 is 2.33 bits per heavy atom. The lowest BCUT2D eigenvalue weighted by Crippen LogP contribution is -2.42. The molecule has 0 heterocycles. The van der Waals surface area contributed by atoms with Crippen LogP contribution in [-0.2, 0) is 9.47 Å². The van der Waals surface area contributed by atoms with Crippen LogP contribution in [0.25, 0.3) is 0 Å². The molecule has 4 nitrogen and oxygen atoms in total. The van der Waals surface area contributed by atoms with Gasteiger partial charge in [-0.3, -0.25) is 0 Å². The molecular weight excluding hydrogens is 194 g/mol. The first-order chi connectivity index (χ1) is 7.17. The highest BCUT2D eigenvalue weighted by molar-refractivity contribution is 4.95. The average molecular weight is 217 g/mol. The number of ether oxygens (including phenoxy) is 2. The molecule has 0 saturated heterocycles. The number of methoxy groups -OCH3 is 2. The summed E-state index contributed by atoms with van der Waals surface area (Å²) in [6, 6.07) is 0.177. The van der Waals surface area contributed by atoms with Gasteiger partial charge in [0.05, 0.1) is 6.04 Å². The summed E-state index contributed by atoms with van der Waals surface area (Å²) in [5.74, 6) is 0. The van der Waals surface area contributed by atoms with Gasteiger partial charge in [-0.1, -0.05) is 0 Å². The largest absolute Gasteiger partial charge is 0.396 e. The first-order valence-electron chi connectivity index (χ1n) is 5.57. The molecule has 1 rings (SSSR count). The van der Waals surface area contributed by atoms with E-state index < -0.39 is 0 Å². The number of hydrogen-bond acceptors (Lipinski definition) is 4. The van der Waals surface area contributed by atoms with Gasteiger partial charge in [-0.15, -0.1) is 0 Å². The van der Waals surface area contributed by atoms with Crippen LogP contribution < -0.4 is 5.32 Å². The molecule has 1 saturated carbocycles. The van der Waals surface area contributed by atoms with Crippen LogP contribution in [0.5, 0.6) is 0 Å². The van der Waals surface area contributed by atoms with E-state index in [1.54, 1.807) is 14.2 Å². The highest BCUT2D eigenvalue weighted by Gasteiger charge is 2.41. The molecule has 1 aliphatic rings. The van der Waals surface area contributed by atoms with Crippen LogP contribution in [0.1, 0.15) is 26.2 Å². The maximum atomic E-state index is 8.93. The SMILES string of the molecule is COC(OC)C(C)NCC1(CCO)CC1. The van der Waals surface area contributed by atoms with Crippen molar-refractivity contribution >= 4 is 0 Å². The van der Waals surface area contributed by atoms with Gasteiger partial charge < -0.3 is 19.9 Å². The fourth-order valence-electron chi connectivity index (χ4n) is 1.91. The Labute approximate surface area is 92.0 Å². The van der Waals surface area contributed by atoms with Crippen LogP contribution in [0.4, 0.5) is 0 Å². The fourth-order valence-corrected chi connectivity index (χ4v) is 1.91. The van der Waals surface area contributed by atoms with Crippen LogP contribution >= 0.6 is 0 Å². The van der Waals surface area contributed by atoms with Crippen LogP contribution in [0.15, 0.2) is 0 Å². The van der Waals surface area contributed by atoms with Gasteiger partial charge in [0, 0.05) is 27.4 Å². The molecule has 15 heavy (non-hydrogen) atoms. The van der Waals surface area contributed by atoms with Gasteiger partial charge in [-0.2, -0.15) is 0 Å². The monoisotopic (exact) mass is 217 g/mol. The molecule has 0 spiro atoms. The lowest BCUT2D eigenvalue weighted by molar-refractivity contribution is -0.119. The molecule has 90 valence electrons. The Balaban J connectivity index is 2.24. The average Bonchev–Trinajstić information content (AvgIpc) is 2.98. The van der Waals surface area contributed by atoms with Crippen molar-refractivity contribution in [3.05, 3.63) is 0 Å². The van der Waals surface area contributed by atoms with Crippen molar-refractivity contribution in [1.29, 1.82) is 0 Å². The molecule has 0 amide bonds. The van der Waals surface area contributed by atoms with Gasteiger partial charge in [0.2, 0.25) is 0 Å².